The second kappa shape index (κ2) is 24.1. The molecule has 22 heteroatoms. The van der Waals surface area contributed by atoms with Crippen LogP contribution < -0.4 is 0 Å². The molecule has 0 saturated heterocycles. The number of carboxylic acid groups (broad SMARTS) is 2. The maximum atomic E-state index is 12.8. The van der Waals surface area contributed by atoms with Gasteiger partial charge in [0.25, 0.3) is 0 Å². The van der Waals surface area contributed by atoms with Crippen LogP contribution in [0.2, 0.25) is 0 Å². The lowest BCUT2D eigenvalue weighted by Gasteiger charge is -2.12. The van der Waals surface area contributed by atoms with Crippen molar-refractivity contribution in [1.82, 2.24) is 0 Å². The van der Waals surface area contributed by atoms with E-state index in [1.54, 1.807) is 0 Å². The third-order valence-electron chi connectivity index (χ3n) is 8.98. The Morgan fingerprint density at radius 1 is 0.338 bits per heavy atom. The van der Waals surface area contributed by atoms with Crippen molar-refractivity contribution in [3.8, 4) is 0 Å². The second-order valence-electron chi connectivity index (χ2n) is 13.7. The first kappa shape index (κ1) is 51.3. The number of rotatable bonds is 18. The van der Waals surface area contributed by atoms with E-state index in [2.05, 4.69) is 18.9 Å². The molecule has 0 amide bonds. The van der Waals surface area contributed by atoms with Gasteiger partial charge in [-0.05, 0) is 103 Å². The fraction of sp³-hybridized carbons (Fsp3) is 0.174. The Kier molecular flexibility index (Phi) is 18.2. The van der Waals surface area contributed by atoms with E-state index in [0.29, 0.717) is 0 Å². The van der Waals surface area contributed by atoms with Crippen molar-refractivity contribution in [3.63, 3.8) is 0 Å². The van der Waals surface area contributed by atoms with Gasteiger partial charge in [0, 0.05) is 0 Å². The monoisotopic (exact) mass is 938 g/mol. The number of esters is 12. The number of carboxylic acids is 2. The Morgan fingerprint density at radius 3 is 0.765 bits per heavy atom. The average Bonchev–Trinajstić information content (AvgIpc) is 3.31. The quantitative estimate of drug-likeness (QED) is 0.0799. The van der Waals surface area contributed by atoms with Gasteiger partial charge in [0.1, 0.15) is 0 Å². The molecule has 0 aliphatic heterocycles. The van der Waals surface area contributed by atoms with Gasteiger partial charge in [0.2, 0.25) is 0 Å². The molecule has 4 aromatic carbocycles. The molecule has 68 heavy (non-hydrogen) atoms. The molecule has 0 fully saturated rings. The summed E-state index contributed by atoms with van der Waals surface area (Å²) in [6, 6.07) is 17.4. The predicted octanol–water partition coefficient (Wildman–Crippen LogP) is 4.26. The highest BCUT2D eigenvalue weighted by Gasteiger charge is 2.28. The van der Waals surface area contributed by atoms with E-state index >= 15 is 0 Å². The molecule has 0 aliphatic rings. The number of carbonyl (C=O) groups is 14. The lowest BCUT2D eigenvalue weighted by atomic mass is 10.0. The molecule has 0 radical (unpaired) electrons. The number of benzene rings is 4. The maximum Gasteiger partial charge on any atom is 0.345 e. The van der Waals surface area contributed by atoms with Gasteiger partial charge in [0.05, 0.1) is 82.5 Å². The molecule has 0 bridgehead atoms. The summed E-state index contributed by atoms with van der Waals surface area (Å²) in [4.78, 5) is 170. The van der Waals surface area contributed by atoms with Crippen molar-refractivity contribution in [1.29, 1.82) is 0 Å². The van der Waals surface area contributed by atoms with E-state index in [1.165, 1.54) is 6.92 Å². The van der Waals surface area contributed by atoms with Gasteiger partial charge in [-0.25, -0.2) is 38.4 Å². The van der Waals surface area contributed by atoms with Crippen molar-refractivity contribution in [2.75, 3.05) is 0 Å². The molecule has 1 atom stereocenters. The molecule has 2 N–H and O–H groups in total. The zero-order valence-corrected chi connectivity index (χ0v) is 35.1. The molecular formula is C46H34O22. The smallest absolute Gasteiger partial charge is 0.345 e. The fourth-order valence-electron chi connectivity index (χ4n) is 5.28. The third-order valence-corrected chi connectivity index (χ3v) is 8.98. The average molecular weight is 939 g/mol. The zero-order valence-electron chi connectivity index (χ0n) is 35.1. The predicted molar refractivity (Wildman–Crippen MR) is 219 cm³/mol. The summed E-state index contributed by atoms with van der Waals surface area (Å²) in [7, 11) is 0. The van der Waals surface area contributed by atoms with Crippen molar-refractivity contribution >= 4 is 83.6 Å². The van der Waals surface area contributed by atoms with Gasteiger partial charge in [-0.15, -0.1) is 0 Å². The van der Waals surface area contributed by atoms with E-state index < -0.39 is 122 Å². The minimum Gasteiger partial charge on any atom is -0.478 e. The Morgan fingerprint density at radius 2 is 0.544 bits per heavy atom. The highest BCUT2D eigenvalue weighted by molar-refractivity contribution is 6.04. The fourth-order valence-corrected chi connectivity index (χ4v) is 5.28. The summed E-state index contributed by atoms with van der Waals surface area (Å²) in [6.07, 6.45) is -3.42. The lowest BCUT2D eigenvalue weighted by molar-refractivity contribution is -0.149. The highest BCUT2D eigenvalue weighted by Crippen LogP contribution is 2.17. The van der Waals surface area contributed by atoms with Crippen molar-refractivity contribution in [2.24, 2.45) is 5.92 Å². The van der Waals surface area contributed by atoms with E-state index in [1.807, 2.05) is 0 Å². The van der Waals surface area contributed by atoms with Crippen LogP contribution in [0.5, 0.6) is 0 Å². The normalized spacial score (nSPS) is 10.8. The molecule has 1 unspecified atom stereocenters. The number of hydrogen-bond donors (Lipinski definition) is 2. The van der Waals surface area contributed by atoms with Crippen LogP contribution >= 0.6 is 0 Å². The second-order valence-corrected chi connectivity index (χ2v) is 13.7. The molecule has 0 spiro atoms. The van der Waals surface area contributed by atoms with Gasteiger partial charge in [-0.1, -0.05) is 6.92 Å². The van der Waals surface area contributed by atoms with Crippen LogP contribution in [-0.2, 0) is 57.2 Å². The highest BCUT2D eigenvalue weighted by atomic mass is 16.6. The molecule has 4 aromatic rings. The number of carbonyl (C=O) groups excluding carboxylic acids is 12. The molecule has 22 nitrogen and oxygen atoms in total. The van der Waals surface area contributed by atoms with Crippen LogP contribution in [0, 0.1) is 5.92 Å². The van der Waals surface area contributed by atoms with Crippen LogP contribution in [-0.4, -0.2) is 93.8 Å². The minimum atomic E-state index is -1.27. The summed E-state index contributed by atoms with van der Waals surface area (Å²) < 4.78 is 28.1. The SMILES string of the molecule is CCC(CC(=O)OC(=O)c1ccc(C(=O)OC(=O)CCC(=O)OC(=O)c2ccc(C(=O)O)cc2)cc1)C(=O)OC(=O)c1ccc(C(=O)OC(=O)CCC(=O)OC(=O)c2ccc(C(=O)O)cc2)cc1. The van der Waals surface area contributed by atoms with Crippen LogP contribution in [0.4, 0.5) is 0 Å². The largest absolute Gasteiger partial charge is 0.478 e. The molecule has 0 heterocycles. The molecule has 0 aliphatic carbocycles. The first-order chi connectivity index (χ1) is 32.2. The molecule has 0 saturated carbocycles. The van der Waals surface area contributed by atoms with Gasteiger partial charge in [0.15, 0.2) is 0 Å². The molecule has 0 aromatic heterocycles. The van der Waals surface area contributed by atoms with Crippen LogP contribution in [0.3, 0.4) is 0 Å². The van der Waals surface area contributed by atoms with E-state index in [-0.39, 0.29) is 50.9 Å². The number of ether oxygens (including phenoxy) is 6. The summed E-state index contributed by atoms with van der Waals surface area (Å²) in [6.45, 7) is 1.47. The number of hydrogen-bond acceptors (Lipinski definition) is 20. The van der Waals surface area contributed by atoms with E-state index in [0.717, 1.165) is 97.1 Å². The summed E-state index contributed by atoms with van der Waals surface area (Å²) in [5.41, 5.74) is -1.44. The topological polar surface area (TPSA) is 335 Å². The van der Waals surface area contributed by atoms with Crippen LogP contribution in [0.1, 0.15) is 128 Å². The van der Waals surface area contributed by atoms with Gasteiger partial charge >= 0.3 is 83.6 Å². The summed E-state index contributed by atoms with van der Waals surface area (Å²) in [5.74, 6) is -17.7. The Balaban J connectivity index is 1.16. The van der Waals surface area contributed by atoms with Crippen molar-refractivity contribution in [2.45, 2.75) is 45.4 Å². The number of aromatic carboxylic acids is 2. The first-order valence-corrected chi connectivity index (χ1v) is 19.6. The maximum absolute atomic E-state index is 12.8. The Bertz CT molecular complexity index is 2680. The first-order valence-electron chi connectivity index (χ1n) is 19.6. The van der Waals surface area contributed by atoms with Gasteiger partial charge in [-0.3, -0.25) is 28.8 Å². The van der Waals surface area contributed by atoms with Crippen molar-refractivity contribution in [3.05, 3.63) is 142 Å². The molecule has 4 rings (SSSR count). The van der Waals surface area contributed by atoms with Crippen LogP contribution in [0.15, 0.2) is 97.1 Å². The minimum absolute atomic E-state index is 0.0516. The lowest BCUT2D eigenvalue weighted by Crippen LogP contribution is -2.25. The van der Waals surface area contributed by atoms with Gasteiger partial charge in [-0.2, -0.15) is 0 Å². The van der Waals surface area contributed by atoms with E-state index in [4.69, 9.17) is 19.7 Å². The standard InChI is InChI=1S/C46H34O22/c1-2-24(40(56)68-46(62)32-17-15-30(16-18-32)44(60)66-36(50)22-20-34(48)64-42(58)28-9-5-26(6-10-28)39(54)55)23-37(51)67-45(61)31-13-11-29(12-14-31)43(59)65-35(49)21-19-33(47)63-41(57)27-7-3-25(4-8-27)38(52)53/h3-18,24H,2,19-23H2,1H3,(H,52,53)(H,54,55). The van der Waals surface area contributed by atoms with Crippen molar-refractivity contribution < 1.29 is 106 Å². The van der Waals surface area contributed by atoms with Gasteiger partial charge < -0.3 is 38.6 Å². The van der Waals surface area contributed by atoms with E-state index in [9.17, 15) is 67.1 Å². The Labute approximate surface area is 381 Å². The molecular weight excluding hydrogens is 904 g/mol. The molecule has 350 valence electrons. The summed E-state index contributed by atoms with van der Waals surface area (Å²) in [5, 5.41) is 17.8. The summed E-state index contributed by atoms with van der Waals surface area (Å²) >= 11 is 0. The van der Waals surface area contributed by atoms with Crippen LogP contribution in [0.25, 0.3) is 0 Å². The zero-order chi connectivity index (χ0) is 50.1. The third kappa shape index (κ3) is 15.4. The Hall–Kier alpha value is -9.34.